The lowest BCUT2D eigenvalue weighted by Gasteiger charge is -2.05. The third-order valence-corrected chi connectivity index (χ3v) is 2.67. The molecule has 1 aromatic carbocycles. The number of halogens is 1. The fourth-order valence-corrected chi connectivity index (χ4v) is 1.74. The first-order chi connectivity index (χ1) is 8.19. The van der Waals surface area contributed by atoms with Crippen LogP contribution in [0.25, 0.3) is 5.69 Å². The van der Waals surface area contributed by atoms with Gasteiger partial charge in [0, 0.05) is 7.05 Å². The van der Waals surface area contributed by atoms with Crippen molar-refractivity contribution in [3.8, 4) is 11.8 Å². The van der Waals surface area contributed by atoms with E-state index in [2.05, 4.69) is 10.4 Å². The maximum absolute atomic E-state index is 9.00. The number of para-hydroxylation sites is 1. The molecule has 0 fully saturated rings. The number of nitrogens with zero attached hydrogens (tertiary/aromatic N) is 3. The molecule has 5 nitrogen and oxygen atoms in total. The van der Waals surface area contributed by atoms with Crippen LogP contribution in [0.2, 0.25) is 5.02 Å². The first-order valence-corrected chi connectivity index (χ1v) is 5.28. The fraction of sp³-hybridized carbons (Fsp3) is 0.0909. The Morgan fingerprint density at radius 2 is 2.18 bits per heavy atom. The molecule has 0 saturated carbocycles. The van der Waals surface area contributed by atoms with Crippen LogP contribution in [0, 0.1) is 11.3 Å². The normalized spacial score (nSPS) is 9.94. The Bertz CT molecular complexity index is 596. The molecule has 6 heteroatoms. The number of aromatic nitrogens is 2. The van der Waals surface area contributed by atoms with Crippen LogP contribution in [-0.2, 0) is 0 Å². The summed E-state index contributed by atoms with van der Waals surface area (Å²) >= 11 is 6.06. The van der Waals surface area contributed by atoms with Gasteiger partial charge in [-0.05, 0) is 12.1 Å². The summed E-state index contributed by atoms with van der Waals surface area (Å²) in [5.74, 6) is 0.704. The molecular formula is C11H10ClN5. The van der Waals surface area contributed by atoms with Gasteiger partial charge in [0.25, 0.3) is 0 Å². The summed E-state index contributed by atoms with van der Waals surface area (Å²) in [6.07, 6.45) is 0. The molecule has 0 atom stereocenters. The van der Waals surface area contributed by atoms with Gasteiger partial charge in [-0.3, -0.25) is 0 Å². The van der Waals surface area contributed by atoms with Crippen molar-refractivity contribution in [2.24, 2.45) is 0 Å². The van der Waals surface area contributed by atoms with Crippen LogP contribution in [0.15, 0.2) is 24.3 Å². The maximum Gasteiger partial charge on any atom is 0.168 e. The summed E-state index contributed by atoms with van der Waals surface area (Å²) in [6, 6.07) is 9.18. The summed E-state index contributed by atoms with van der Waals surface area (Å²) < 4.78 is 1.45. The quantitative estimate of drug-likeness (QED) is 0.851. The molecule has 0 saturated heterocycles. The van der Waals surface area contributed by atoms with Gasteiger partial charge in [-0.1, -0.05) is 23.7 Å². The highest BCUT2D eigenvalue weighted by Gasteiger charge is 2.16. The Balaban J connectivity index is 2.66. The Hall–Kier alpha value is -2.19. The summed E-state index contributed by atoms with van der Waals surface area (Å²) in [5.41, 5.74) is 6.83. The Morgan fingerprint density at radius 1 is 1.47 bits per heavy atom. The lowest BCUT2D eigenvalue weighted by Crippen LogP contribution is -2.03. The van der Waals surface area contributed by atoms with Crippen LogP contribution in [0.5, 0.6) is 0 Å². The Labute approximate surface area is 103 Å². The average Bonchev–Trinajstić information content (AvgIpc) is 2.66. The van der Waals surface area contributed by atoms with Crippen molar-refractivity contribution < 1.29 is 0 Å². The number of anilines is 2. The number of hydrogen-bond acceptors (Lipinski definition) is 4. The molecule has 0 spiro atoms. The van der Waals surface area contributed by atoms with Crippen molar-refractivity contribution in [3.63, 3.8) is 0 Å². The van der Waals surface area contributed by atoms with Gasteiger partial charge in [0.15, 0.2) is 5.82 Å². The monoisotopic (exact) mass is 247 g/mol. The van der Waals surface area contributed by atoms with Crippen molar-refractivity contribution >= 4 is 23.2 Å². The van der Waals surface area contributed by atoms with Crippen LogP contribution < -0.4 is 11.1 Å². The van der Waals surface area contributed by atoms with E-state index in [9.17, 15) is 0 Å². The number of nitrogen functional groups attached to an aromatic ring is 1. The van der Waals surface area contributed by atoms with E-state index in [1.54, 1.807) is 19.2 Å². The molecule has 1 aromatic heterocycles. The van der Waals surface area contributed by atoms with Crippen LogP contribution in [0.4, 0.5) is 11.6 Å². The Morgan fingerprint density at radius 3 is 2.71 bits per heavy atom. The van der Waals surface area contributed by atoms with Crippen molar-refractivity contribution in [3.05, 3.63) is 34.9 Å². The minimum absolute atomic E-state index is 0.268. The lowest BCUT2D eigenvalue weighted by atomic mass is 10.3. The van der Waals surface area contributed by atoms with Gasteiger partial charge in [0.05, 0.1) is 10.7 Å². The largest absolute Gasteiger partial charge is 0.382 e. The van der Waals surface area contributed by atoms with E-state index in [4.69, 9.17) is 22.6 Å². The Kier molecular flexibility index (Phi) is 2.90. The zero-order chi connectivity index (χ0) is 12.4. The average molecular weight is 248 g/mol. The standard InChI is InChI=1S/C11H10ClN5/c1-15-11-7(6-13)10(14)17(16-11)9-5-3-2-4-8(9)12/h2-5H,14H2,1H3,(H,15,16). The van der Waals surface area contributed by atoms with E-state index in [0.29, 0.717) is 22.1 Å². The minimum atomic E-state index is 0.268. The zero-order valence-electron chi connectivity index (χ0n) is 9.11. The second-order valence-corrected chi connectivity index (χ2v) is 3.74. The molecule has 0 radical (unpaired) electrons. The molecular weight excluding hydrogens is 238 g/mol. The summed E-state index contributed by atoms with van der Waals surface area (Å²) in [5, 5.41) is 16.5. The van der Waals surface area contributed by atoms with Crippen LogP contribution in [-0.4, -0.2) is 16.8 Å². The van der Waals surface area contributed by atoms with E-state index >= 15 is 0 Å². The highest BCUT2D eigenvalue weighted by molar-refractivity contribution is 6.32. The number of nitriles is 1. The predicted octanol–water partition coefficient (Wildman–Crippen LogP) is 2.02. The van der Waals surface area contributed by atoms with Crippen LogP contribution in [0.1, 0.15) is 5.56 Å². The number of nitrogens with two attached hydrogens (primary N) is 1. The van der Waals surface area contributed by atoms with Gasteiger partial charge < -0.3 is 11.1 Å². The minimum Gasteiger partial charge on any atom is -0.382 e. The topological polar surface area (TPSA) is 79.7 Å². The van der Waals surface area contributed by atoms with Gasteiger partial charge in [0.2, 0.25) is 0 Å². The predicted molar refractivity (Wildman–Crippen MR) is 67.2 cm³/mol. The van der Waals surface area contributed by atoms with E-state index in [1.165, 1.54) is 4.68 Å². The molecule has 0 unspecified atom stereocenters. The third kappa shape index (κ3) is 1.79. The summed E-state index contributed by atoms with van der Waals surface area (Å²) in [6.45, 7) is 0. The SMILES string of the molecule is CNc1nn(-c2ccccc2Cl)c(N)c1C#N. The molecule has 0 aliphatic heterocycles. The van der Waals surface area contributed by atoms with Gasteiger partial charge in [-0.2, -0.15) is 5.26 Å². The van der Waals surface area contributed by atoms with Crippen LogP contribution in [0.3, 0.4) is 0 Å². The van der Waals surface area contributed by atoms with E-state index in [0.717, 1.165) is 0 Å². The highest BCUT2D eigenvalue weighted by atomic mass is 35.5. The van der Waals surface area contributed by atoms with Crippen molar-refractivity contribution in [2.75, 3.05) is 18.1 Å². The van der Waals surface area contributed by atoms with Crippen molar-refractivity contribution in [1.82, 2.24) is 9.78 Å². The molecule has 2 rings (SSSR count). The van der Waals surface area contributed by atoms with E-state index in [-0.39, 0.29) is 5.82 Å². The molecule has 0 amide bonds. The second-order valence-electron chi connectivity index (χ2n) is 3.33. The van der Waals surface area contributed by atoms with Gasteiger partial charge >= 0.3 is 0 Å². The maximum atomic E-state index is 9.00. The molecule has 0 bridgehead atoms. The first kappa shape index (κ1) is 11.3. The van der Waals surface area contributed by atoms with Crippen molar-refractivity contribution in [1.29, 1.82) is 5.26 Å². The van der Waals surface area contributed by atoms with Crippen molar-refractivity contribution in [2.45, 2.75) is 0 Å². The molecule has 3 N–H and O–H groups in total. The molecule has 1 heterocycles. The summed E-state index contributed by atoms with van der Waals surface area (Å²) in [4.78, 5) is 0. The number of nitrogens with one attached hydrogen (secondary N) is 1. The van der Waals surface area contributed by atoms with Crippen LogP contribution >= 0.6 is 11.6 Å². The lowest BCUT2D eigenvalue weighted by molar-refractivity contribution is 0.894. The fourth-order valence-electron chi connectivity index (χ4n) is 1.52. The number of hydrogen-bond donors (Lipinski definition) is 2. The molecule has 0 aliphatic rings. The number of rotatable bonds is 2. The highest BCUT2D eigenvalue weighted by Crippen LogP contribution is 2.27. The molecule has 2 aromatic rings. The number of benzene rings is 1. The van der Waals surface area contributed by atoms with Gasteiger partial charge in [-0.25, -0.2) is 4.68 Å². The molecule has 86 valence electrons. The molecule has 17 heavy (non-hydrogen) atoms. The van der Waals surface area contributed by atoms with E-state index < -0.39 is 0 Å². The first-order valence-electron chi connectivity index (χ1n) is 4.90. The zero-order valence-corrected chi connectivity index (χ0v) is 9.86. The van der Waals surface area contributed by atoms with Gasteiger partial charge in [0.1, 0.15) is 17.5 Å². The molecule has 0 aliphatic carbocycles. The van der Waals surface area contributed by atoms with Gasteiger partial charge in [-0.15, -0.1) is 5.10 Å². The third-order valence-electron chi connectivity index (χ3n) is 2.35. The van der Waals surface area contributed by atoms with E-state index in [1.807, 2.05) is 18.2 Å². The summed E-state index contributed by atoms with van der Waals surface area (Å²) in [7, 11) is 1.68. The smallest absolute Gasteiger partial charge is 0.168 e. The second kappa shape index (κ2) is 4.36.